The van der Waals surface area contributed by atoms with Gasteiger partial charge < -0.3 is 26.2 Å². The maximum atomic E-state index is 12.1. The number of carbonyl (C=O) groups is 2. The molecule has 0 aromatic rings. The molecule has 0 spiro atoms. The number of rotatable bonds is 42. The summed E-state index contributed by atoms with van der Waals surface area (Å²) in [6, 6.07) is -0.933. The Morgan fingerprint density at radius 1 is 0.592 bits per heavy atom. The van der Waals surface area contributed by atoms with Crippen LogP contribution >= 0.6 is 0 Å². The lowest BCUT2D eigenvalue weighted by Crippen LogP contribution is -2.61. The third-order valence-electron chi connectivity index (χ3n) is 9.95. The second kappa shape index (κ2) is 39.6. The Labute approximate surface area is 304 Å². The van der Waals surface area contributed by atoms with Gasteiger partial charge >= 0.3 is 5.97 Å². The van der Waals surface area contributed by atoms with Crippen molar-refractivity contribution >= 4 is 12.4 Å². The molecule has 2 unspecified atom stereocenters. The van der Waals surface area contributed by atoms with Crippen LogP contribution in [-0.4, -0.2) is 62.0 Å². The van der Waals surface area contributed by atoms with Crippen molar-refractivity contribution < 1.29 is 19.4 Å². The van der Waals surface area contributed by atoms with E-state index in [1.807, 2.05) is 0 Å². The third kappa shape index (κ3) is 33.7. The molecule has 8 nitrogen and oxygen atoms in total. The fourth-order valence-corrected chi connectivity index (χ4v) is 6.73. The summed E-state index contributed by atoms with van der Waals surface area (Å²) in [4.78, 5) is 23.2. The van der Waals surface area contributed by atoms with Crippen molar-refractivity contribution in [2.75, 3.05) is 26.2 Å². The highest BCUT2D eigenvalue weighted by Crippen LogP contribution is 2.14. The first kappa shape index (κ1) is 47.8. The van der Waals surface area contributed by atoms with E-state index < -0.39 is 12.0 Å². The summed E-state index contributed by atoms with van der Waals surface area (Å²) < 4.78 is 5.21. The largest absolute Gasteiger partial charge is 0.480 e. The zero-order chi connectivity index (χ0) is 35.9. The Morgan fingerprint density at radius 3 is 1.31 bits per heavy atom. The smallest absolute Gasteiger partial charge is 0.320 e. The highest BCUT2D eigenvalue weighted by molar-refractivity contribution is 5.73. The topological polar surface area (TPSA) is 126 Å². The molecule has 0 aliphatic heterocycles. The van der Waals surface area contributed by atoms with Gasteiger partial charge in [0.2, 0.25) is 0 Å². The van der Waals surface area contributed by atoms with E-state index in [-0.39, 0.29) is 18.8 Å². The predicted molar refractivity (Wildman–Crippen MR) is 209 cm³/mol. The van der Waals surface area contributed by atoms with Gasteiger partial charge in [-0.05, 0) is 45.3 Å². The predicted octanol–water partition coefficient (Wildman–Crippen LogP) is 9.78. The second-order valence-corrected chi connectivity index (χ2v) is 14.6. The molecule has 0 bridgehead atoms. The number of nitrogens with one attached hydrogen (secondary N) is 3. The summed E-state index contributed by atoms with van der Waals surface area (Å²) in [5.74, 6) is -0.876. The molecule has 0 rings (SSSR count). The van der Waals surface area contributed by atoms with Gasteiger partial charge in [-0.25, -0.2) is 0 Å². The van der Waals surface area contributed by atoms with Crippen molar-refractivity contribution in [1.82, 2.24) is 16.0 Å². The van der Waals surface area contributed by atoms with Crippen molar-refractivity contribution in [1.29, 1.82) is 0 Å². The minimum Gasteiger partial charge on any atom is -0.480 e. The molecule has 292 valence electrons. The van der Waals surface area contributed by atoms with E-state index in [0.717, 1.165) is 32.4 Å². The van der Waals surface area contributed by atoms with Gasteiger partial charge in [0.25, 0.3) is 6.47 Å². The molecule has 6 N–H and O–H groups in total. The van der Waals surface area contributed by atoms with Gasteiger partial charge in [-0.3, -0.25) is 14.9 Å². The van der Waals surface area contributed by atoms with Crippen LogP contribution in [0.2, 0.25) is 0 Å². The molecular formula is C41H84N4O4. The van der Waals surface area contributed by atoms with Gasteiger partial charge in [0.1, 0.15) is 12.6 Å². The van der Waals surface area contributed by atoms with Crippen molar-refractivity contribution in [3.05, 3.63) is 0 Å². The van der Waals surface area contributed by atoms with Crippen molar-refractivity contribution in [3.8, 4) is 0 Å². The van der Waals surface area contributed by atoms with Gasteiger partial charge in [-0.1, -0.05) is 181 Å². The summed E-state index contributed by atoms with van der Waals surface area (Å²) in [5.41, 5.74) is 5.69. The first-order valence-corrected chi connectivity index (χ1v) is 21.3. The van der Waals surface area contributed by atoms with Crippen LogP contribution in [-0.2, 0) is 14.3 Å². The molecule has 0 aromatic carbocycles. The van der Waals surface area contributed by atoms with Crippen LogP contribution in [0.3, 0.4) is 0 Å². The van der Waals surface area contributed by atoms with E-state index >= 15 is 0 Å². The van der Waals surface area contributed by atoms with Crippen molar-refractivity contribution in [2.24, 2.45) is 5.73 Å². The zero-order valence-corrected chi connectivity index (χ0v) is 32.6. The molecule has 0 saturated heterocycles. The lowest BCUT2D eigenvalue weighted by Gasteiger charge is -2.32. The normalized spacial score (nSPS) is 13.4. The maximum Gasteiger partial charge on any atom is 0.320 e. The van der Waals surface area contributed by atoms with Crippen LogP contribution in [0.4, 0.5) is 0 Å². The van der Waals surface area contributed by atoms with E-state index in [4.69, 9.17) is 10.5 Å². The highest BCUT2D eigenvalue weighted by Gasteiger charge is 2.27. The molecule has 0 amide bonds. The third-order valence-corrected chi connectivity index (χ3v) is 9.95. The average Bonchev–Trinajstić information content (AvgIpc) is 3.10. The molecule has 49 heavy (non-hydrogen) atoms. The molecule has 0 saturated carbocycles. The number of carboxylic acid groups (broad SMARTS) is 1. The lowest BCUT2D eigenvalue weighted by atomic mass is 10.0. The summed E-state index contributed by atoms with van der Waals surface area (Å²) in [6.45, 7) is 7.27. The van der Waals surface area contributed by atoms with Crippen LogP contribution in [0.5, 0.6) is 0 Å². The lowest BCUT2D eigenvalue weighted by molar-refractivity contribution is -0.140. The number of hydrogen-bond acceptors (Lipinski definition) is 7. The van der Waals surface area contributed by atoms with E-state index in [2.05, 4.69) is 29.8 Å². The Morgan fingerprint density at radius 2 is 0.959 bits per heavy atom. The Hall–Kier alpha value is -1.22. The monoisotopic (exact) mass is 697 g/mol. The number of aliphatic carboxylic acids is 1. The van der Waals surface area contributed by atoms with E-state index in [1.165, 1.54) is 161 Å². The second-order valence-electron chi connectivity index (χ2n) is 14.6. The molecule has 0 aliphatic carbocycles. The first-order chi connectivity index (χ1) is 24.1. The molecular weight excluding hydrogens is 612 g/mol. The summed E-state index contributed by atoms with van der Waals surface area (Å²) >= 11 is 0. The van der Waals surface area contributed by atoms with Crippen LogP contribution in [0, 0.1) is 0 Å². The summed E-state index contributed by atoms with van der Waals surface area (Å²) in [5, 5.41) is 20.4. The Kier molecular flexibility index (Phi) is 38.6. The number of ether oxygens (including phenoxy) is 1. The minimum atomic E-state index is -0.876. The molecule has 0 aliphatic rings. The summed E-state index contributed by atoms with van der Waals surface area (Å²) in [7, 11) is 0. The number of carbonyl (C=O) groups excluding carboxylic acids is 1. The molecule has 0 fully saturated rings. The number of nitrogens with two attached hydrogens (primary N) is 1. The standard InChI is InChI=1S/C41H84N4O4/c1-3-5-7-9-11-13-15-17-19-21-23-25-27-29-34-43-39(36-49-37-46)40(45-38(41(47)48)32-31-33-42)44-35-30-28-26-24-22-20-18-16-14-12-10-8-6-4-2/h37-40,43-45H,3-36,42H2,1-2H3,(H,47,48)/t38-,39?,40?/m1/s1. The van der Waals surface area contributed by atoms with Crippen molar-refractivity contribution in [2.45, 2.75) is 225 Å². The molecule has 0 radical (unpaired) electrons. The Balaban J connectivity index is 4.44. The number of carboxylic acids is 1. The van der Waals surface area contributed by atoms with Gasteiger partial charge in [-0.15, -0.1) is 0 Å². The minimum absolute atomic E-state index is 0.189. The van der Waals surface area contributed by atoms with Crippen LogP contribution in [0.25, 0.3) is 0 Å². The molecule has 0 aromatic heterocycles. The van der Waals surface area contributed by atoms with Crippen molar-refractivity contribution in [3.63, 3.8) is 0 Å². The first-order valence-electron chi connectivity index (χ1n) is 21.3. The average molecular weight is 697 g/mol. The van der Waals surface area contributed by atoms with Crippen LogP contribution in [0.15, 0.2) is 0 Å². The number of hydrogen-bond donors (Lipinski definition) is 5. The molecule has 3 atom stereocenters. The van der Waals surface area contributed by atoms with Gasteiger partial charge in [0.05, 0.1) is 12.2 Å². The van der Waals surface area contributed by atoms with E-state index in [0.29, 0.717) is 25.9 Å². The maximum absolute atomic E-state index is 12.1. The van der Waals surface area contributed by atoms with Gasteiger partial charge in [-0.2, -0.15) is 0 Å². The van der Waals surface area contributed by atoms with Crippen LogP contribution < -0.4 is 21.7 Å². The van der Waals surface area contributed by atoms with E-state index in [1.54, 1.807) is 0 Å². The Bertz CT molecular complexity index is 684. The quantitative estimate of drug-likeness (QED) is 0.0243. The van der Waals surface area contributed by atoms with Crippen LogP contribution in [0.1, 0.15) is 206 Å². The van der Waals surface area contributed by atoms with Gasteiger partial charge in [0.15, 0.2) is 0 Å². The highest BCUT2D eigenvalue weighted by atomic mass is 16.5. The fourth-order valence-electron chi connectivity index (χ4n) is 6.73. The van der Waals surface area contributed by atoms with Gasteiger partial charge in [0, 0.05) is 0 Å². The zero-order valence-electron chi connectivity index (χ0n) is 32.6. The van der Waals surface area contributed by atoms with E-state index in [9.17, 15) is 14.7 Å². The summed E-state index contributed by atoms with van der Waals surface area (Å²) in [6.07, 6.45) is 37.8. The molecule has 0 heterocycles. The fraction of sp³-hybridized carbons (Fsp3) is 0.951. The number of unbranched alkanes of at least 4 members (excludes halogenated alkanes) is 26. The molecule has 8 heteroatoms. The SMILES string of the molecule is CCCCCCCCCCCCCCCCNC(COC=O)C(NCCCCCCCCCCCCCCCC)N[C@H](CCCN)C(=O)O.